The number of rotatable bonds is 5. The van der Waals surface area contributed by atoms with E-state index in [-0.39, 0.29) is 23.7 Å². The molecule has 1 atom stereocenters. The maximum Gasteiger partial charge on any atom is 0.416 e. The molecular formula is C21H19F4NO4. The number of hydrogen-bond acceptors (Lipinski definition) is 4. The van der Waals surface area contributed by atoms with Crippen molar-refractivity contribution in [1.29, 1.82) is 0 Å². The van der Waals surface area contributed by atoms with Crippen molar-refractivity contribution < 1.29 is 36.9 Å². The molecule has 5 nitrogen and oxygen atoms in total. The number of nitrogens with zero attached hydrogens (tertiary/aromatic N) is 1. The van der Waals surface area contributed by atoms with Crippen LogP contribution >= 0.6 is 0 Å². The third-order valence-corrected chi connectivity index (χ3v) is 5.02. The van der Waals surface area contributed by atoms with E-state index in [1.165, 1.54) is 43.4 Å². The molecule has 1 unspecified atom stereocenters. The van der Waals surface area contributed by atoms with Crippen LogP contribution in [0.1, 0.15) is 29.5 Å². The smallest absolute Gasteiger partial charge is 0.416 e. The van der Waals surface area contributed by atoms with Gasteiger partial charge in [0.1, 0.15) is 17.1 Å². The van der Waals surface area contributed by atoms with Crippen molar-refractivity contribution in [2.45, 2.75) is 25.6 Å². The molecule has 0 spiro atoms. The second-order valence-corrected chi connectivity index (χ2v) is 6.76. The van der Waals surface area contributed by atoms with E-state index >= 15 is 0 Å². The van der Waals surface area contributed by atoms with E-state index in [4.69, 9.17) is 9.47 Å². The van der Waals surface area contributed by atoms with Gasteiger partial charge >= 0.3 is 12.1 Å². The first-order valence-electron chi connectivity index (χ1n) is 8.91. The van der Waals surface area contributed by atoms with Crippen LogP contribution in [0.2, 0.25) is 0 Å². The Balaban J connectivity index is 2.24. The van der Waals surface area contributed by atoms with E-state index < -0.39 is 29.4 Å². The fraction of sp³-hybridized carbons (Fsp3) is 0.286. The lowest BCUT2D eigenvalue weighted by Gasteiger charge is -2.36. The standard InChI is InChI=1S/C21H19F4NO4/c1-11-15-6-4-13(21(23,24)25)9-16(15)26(19(30-3)18(11)20(27)28)10-12-8-14(22)5-7-17(12)29-2/h4-9,11H,10H2,1-3H3,(H,27,28). The van der Waals surface area contributed by atoms with Crippen molar-refractivity contribution in [2.24, 2.45) is 0 Å². The molecule has 1 aliphatic heterocycles. The predicted molar refractivity (Wildman–Crippen MR) is 101 cm³/mol. The number of fused-ring (bicyclic) bond motifs is 1. The molecule has 0 saturated heterocycles. The molecule has 1 N–H and O–H groups in total. The van der Waals surface area contributed by atoms with Gasteiger partial charge in [0.15, 0.2) is 0 Å². The Kier molecular flexibility index (Phi) is 5.65. The Morgan fingerprint density at radius 1 is 1.13 bits per heavy atom. The van der Waals surface area contributed by atoms with Gasteiger partial charge in [0.05, 0.1) is 26.3 Å². The van der Waals surface area contributed by atoms with Crippen LogP contribution in [-0.2, 0) is 22.3 Å². The first kappa shape index (κ1) is 21.5. The number of ether oxygens (including phenoxy) is 2. The van der Waals surface area contributed by atoms with Crippen LogP contribution in [0.15, 0.2) is 47.9 Å². The second-order valence-electron chi connectivity index (χ2n) is 6.76. The first-order chi connectivity index (χ1) is 14.1. The molecule has 0 fully saturated rings. The van der Waals surface area contributed by atoms with Crippen molar-refractivity contribution in [3.8, 4) is 5.75 Å². The number of anilines is 1. The minimum absolute atomic E-state index is 0.111. The number of aliphatic carboxylic acids is 1. The van der Waals surface area contributed by atoms with Crippen LogP contribution in [0, 0.1) is 5.82 Å². The molecular weight excluding hydrogens is 406 g/mol. The van der Waals surface area contributed by atoms with Crippen LogP contribution in [0.25, 0.3) is 0 Å². The molecule has 2 aromatic carbocycles. The van der Waals surface area contributed by atoms with Gasteiger partial charge in [-0.15, -0.1) is 0 Å². The van der Waals surface area contributed by atoms with E-state index in [0.29, 0.717) is 16.9 Å². The highest BCUT2D eigenvalue weighted by atomic mass is 19.4. The summed E-state index contributed by atoms with van der Waals surface area (Å²) in [5, 5.41) is 9.72. The molecule has 1 heterocycles. The summed E-state index contributed by atoms with van der Waals surface area (Å²) in [4.78, 5) is 13.2. The van der Waals surface area contributed by atoms with Crippen LogP contribution < -0.4 is 9.64 Å². The van der Waals surface area contributed by atoms with Gasteiger partial charge in [-0.3, -0.25) is 0 Å². The van der Waals surface area contributed by atoms with E-state index in [0.717, 1.165) is 12.1 Å². The van der Waals surface area contributed by atoms with Gasteiger partial charge in [-0.25, -0.2) is 9.18 Å². The molecule has 0 radical (unpaired) electrons. The van der Waals surface area contributed by atoms with Crippen LogP contribution in [0.3, 0.4) is 0 Å². The molecule has 2 aromatic rings. The Bertz CT molecular complexity index is 1020. The summed E-state index contributed by atoms with van der Waals surface area (Å²) in [5.74, 6) is -2.37. The van der Waals surface area contributed by atoms with E-state index in [1.54, 1.807) is 6.92 Å². The summed E-state index contributed by atoms with van der Waals surface area (Å²) in [6, 6.07) is 6.86. The highest BCUT2D eigenvalue weighted by molar-refractivity contribution is 5.92. The Labute approximate surface area is 170 Å². The Hall–Kier alpha value is -3.23. The third-order valence-electron chi connectivity index (χ3n) is 5.02. The molecule has 0 bridgehead atoms. The van der Waals surface area contributed by atoms with Gasteiger partial charge in [-0.05, 0) is 35.9 Å². The summed E-state index contributed by atoms with van der Waals surface area (Å²) in [5.41, 5.74) is -0.171. The van der Waals surface area contributed by atoms with Gasteiger partial charge in [0, 0.05) is 17.2 Å². The number of carboxylic acid groups (broad SMARTS) is 1. The monoisotopic (exact) mass is 425 g/mol. The highest BCUT2D eigenvalue weighted by Crippen LogP contribution is 2.45. The minimum atomic E-state index is -4.59. The fourth-order valence-electron chi connectivity index (χ4n) is 3.61. The number of alkyl halides is 3. The zero-order valence-electron chi connectivity index (χ0n) is 16.4. The average Bonchev–Trinajstić information content (AvgIpc) is 2.68. The van der Waals surface area contributed by atoms with E-state index in [1.807, 2.05) is 0 Å². The molecule has 160 valence electrons. The van der Waals surface area contributed by atoms with Crippen molar-refractivity contribution in [2.75, 3.05) is 19.1 Å². The molecule has 0 saturated carbocycles. The summed E-state index contributed by atoms with van der Waals surface area (Å²) in [6.45, 7) is 1.41. The van der Waals surface area contributed by atoms with Crippen LogP contribution in [0.5, 0.6) is 5.75 Å². The van der Waals surface area contributed by atoms with Crippen molar-refractivity contribution in [3.05, 3.63) is 70.4 Å². The Morgan fingerprint density at radius 2 is 1.83 bits per heavy atom. The summed E-state index contributed by atoms with van der Waals surface area (Å²) in [6.07, 6.45) is -4.59. The first-order valence-corrected chi connectivity index (χ1v) is 8.91. The van der Waals surface area contributed by atoms with Crippen molar-refractivity contribution in [1.82, 2.24) is 0 Å². The van der Waals surface area contributed by atoms with Gasteiger partial charge in [0.25, 0.3) is 0 Å². The van der Waals surface area contributed by atoms with Crippen LogP contribution in [-0.4, -0.2) is 25.3 Å². The Morgan fingerprint density at radius 3 is 2.40 bits per heavy atom. The fourth-order valence-corrected chi connectivity index (χ4v) is 3.61. The van der Waals surface area contributed by atoms with Gasteiger partial charge in [0.2, 0.25) is 5.88 Å². The molecule has 9 heteroatoms. The number of benzene rings is 2. The predicted octanol–water partition coefficient (Wildman–Crippen LogP) is 4.92. The number of halogens is 4. The highest BCUT2D eigenvalue weighted by Gasteiger charge is 2.38. The maximum absolute atomic E-state index is 13.8. The molecule has 0 aromatic heterocycles. The van der Waals surface area contributed by atoms with Gasteiger partial charge in [-0.1, -0.05) is 13.0 Å². The topological polar surface area (TPSA) is 59.0 Å². The van der Waals surface area contributed by atoms with E-state index in [2.05, 4.69) is 0 Å². The third kappa shape index (κ3) is 3.79. The lowest BCUT2D eigenvalue weighted by atomic mass is 9.87. The molecule has 30 heavy (non-hydrogen) atoms. The van der Waals surface area contributed by atoms with E-state index in [9.17, 15) is 27.5 Å². The summed E-state index contributed by atoms with van der Waals surface area (Å²) in [7, 11) is 2.61. The van der Waals surface area contributed by atoms with Crippen LogP contribution in [0.4, 0.5) is 23.2 Å². The largest absolute Gasteiger partial charge is 0.496 e. The second kappa shape index (κ2) is 7.89. The molecule has 1 aliphatic rings. The minimum Gasteiger partial charge on any atom is -0.496 e. The summed E-state index contributed by atoms with van der Waals surface area (Å²) < 4.78 is 64.4. The summed E-state index contributed by atoms with van der Waals surface area (Å²) >= 11 is 0. The normalized spacial score (nSPS) is 16.4. The number of carboxylic acids is 1. The molecule has 3 rings (SSSR count). The lowest BCUT2D eigenvalue weighted by Crippen LogP contribution is -2.33. The number of hydrogen-bond donors (Lipinski definition) is 1. The van der Waals surface area contributed by atoms with Crippen molar-refractivity contribution >= 4 is 11.7 Å². The quantitative estimate of drug-likeness (QED) is 0.690. The molecule has 0 aliphatic carbocycles. The van der Waals surface area contributed by atoms with Gasteiger partial charge < -0.3 is 19.5 Å². The number of carbonyl (C=O) groups is 1. The van der Waals surface area contributed by atoms with Crippen molar-refractivity contribution in [3.63, 3.8) is 0 Å². The average molecular weight is 425 g/mol. The lowest BCUT2D eigenvalue weighted by molar-refractivity contribution is -0.137. The van der Waals surface area contributed by atoms with Gasteiger partial charge in [-0.2, -0.15) is 13.2 Å². The zero-order valence-corrected chi connectivity index (χ0v) is 16.4. The SMILES string of the molecule is COC1=C(C(=O)O)C(C)c2ccc(C(F)(F)F)cc2N1Cc1cc(F)ccc1OC. The number of methoxy groups -OCH3 is 2. The molecule has 0 amide bonds. The zero-order chi connectivity index (χ0) is 22.2. The maximum atomic E-state index is 13.8.